The third-order valence-corrected chi connectivity index (χ3v) is 2.24. The van der Waals surface area contributed by atoms with Gasteiger partial charge in [-0.1, -0.05) is 13.3 Å². The molecule has 0 unspecified atom stereocenters. The predicted molar refractivity (Wildman–Crippen MR) is 62.9 cm³/mol. The summed E-state index contributed by atoms with van der Waals surface area (Å²) in [5, 5.41) is 36.0. The molecule has 6 N–H and O–H groups in total. The fourth-order valence-corrected chi connectivity index (χ4v) is 1.64. The summed E-state index contributed by atoms with van der Waals surface area (Å²) in [6, 6.07) is 0. The van der Waals surface area contributed by atoms with Gasteiger partial charge < -0.3 is 15.3 Å². The Labute approximate surface area is 97.1 Å². The van der Waals surface area contributed by atoms with Gasteiger partial charge in [0, 0.05) is 19.6 Å². The van der Waals surface area contributed by atoms with Gasteiger partial charge >= 0.3 is 0 Å². The molecule has 0 aromatic rings. The Morgan fingerprint density at radius 3 is 1.44 bits per heavy atom. The highest BCUT2D eigenvalue weighted by Crippen LogP contribution is 2.05. The van der Waals surface area contributed by atoms with E-state index < -0.39 is 5.79 Å². The molecule has 0 saturated carbocycles. The number of aliphatic hydroxyl groups excluding tert-OH is 3. The Balaban J connectivity index is 4.32. The summed E-state index contributed by atoms with van der Waals surface area (Å²) in [6.07, 6.45) is 1.74. The van der Waals surface area contributed by atoms with Crippen LogP contribution < -0.4 is 16.0 Å². The first-order chi connectivity index (χ1) is 7.74. The zero-order valence-electron chi connectivity index (χ0n) is 10.00. The van der Waals surface area contributed by atoms with Gasteiger partial charge in [-0.15, -0.1) is 0 Å². The first-order valence-corrected chi connectivity index (χ1v) is 5.82. The van der Waals surface area contributed by atoms with Crippen LogP contribution in [-0.2, 0) is 0 Å². The molecule has 0 atom stereocenters. The molecule has 98 valence electrons. The Bertz CT molecular complexity index is 136. The first kappa shape index (κ1) is 15.8. The van der Waals surface area contributed by atoms with Crippen molar-refractivity contribution in [2.75, 3.05) is 39.5 Å². The smallest absolute Gasteiger partial charge is 0.123 e. The van der Waals surface area contributed by atoms with E-state index in [0.717, 1.165) is 12.8 Å². The Morgan fingerprint density at radius 1 is 0.812 bits per heavy atom. The van der Waals surface area contributed by atoms with Gasteiger partial charge in [0.1, 0.15) is 5.79 Å². The van der Waals surface area contributed by atoms with Gasteiger partial charge in [0.05, 0.1) is 19.8 Å². The van der Waals surface area contributed by atoms with Crippen LogP contribution in [-0.4, -0.2) is 60.6 Å². The van der Waals surface area contributed by atoms with Gasteiger partial charge in [0.25, 0.3) is 0 Å². The van der Waals surface area contributed by atoms with Crippen molar-refractivity contribution in [1.29, 1.82) is 0 Å². The van der Waals surface area contributed by atoms with E-state index in [1.165, 1.54) is 0 Å². The summed E-state index contributed by atoms with van der Waals surface area (Å²) in [4.78, 5) is 0. The number of nitrogens with one attached hydrogen (secondary N) is 3. The van der Waals surface area contributed by atoms with Gasteiger partial charge in [-0.25, -0.2) is 0 Å². The lowest BCUT2D eigenvalue weighted by Gasteiger charge is -2.36. The maximum absolute atomic E-state index is 8.83. The summed E-state index contributed by atoms with van der Waals surface area (Å²) in [7, 11) is 0. The maximum Gasteiger partial charge on any atom is 0.123 e. The number of hydrogen-bond acceptors (Lipinski definition) is 6. The van der Waals surface area contributed by atoms with Crippen molar-refractivity contribution in [2.24, 2.45) is 0 Å². The standard InChI is InChI=1S/C10H25N3O3/c1-2-3-10(11-4-7-14,12-5-8-15)13-6-9-16/h11-16H,2-9H2,1H3. The SMILES string of the molecule is CCCC(NCCO)(NCCO)NCCO. The largest absolute Gasteiger partial charge is 0.395 e. The van der Waals surface area contributed by atoms with Gasteiger partial charge in [-0.2, -0.15) is 0 Å². The van der Waals surface area contributed by atoms with Crippen LogP contribution in [0.1, 0.15) is 19.8 Å². The summed E-state index contributed by atoms with van der Waals surface area (Å²) < 4.78 is 0. The molecule has 0 fully saturated rings. The molecule has 0 aliphatic carbocycles. The summed E-state index contributed by atoms with van der Waals surface area (Å²) >= 11 is 0. The topological polar surface area (TPSA) is 96.8 Å². The van der Waals surface area contributed by atoms with E-state index in [0.29, 0.717) is 19.6 Å². The molecule has 0 amide bonds. The average molecular weight is 235 g/mol. The highest BCUT2D eigenvalue weighted by atomic mass is 16.3. The molecule has 6 heteroatoms. The molecular formula is C10H25N3O3. The number of rotatable bonds is 11. The minimum atomic E-state index is -0.525. The van der Waals surface area contributed by atoms with Crippen molar-refractivity contribution in [2.45, 2.75) is 25.6 Å². The second-order valence-electron chi connectivity index (χ2n) is 3.61. The summed E-state index contributed by atoms with van der Waals surface area (Å²) in [5.74, 6) is -0.525. The number of hydrogen-bond donors (Lipinski definition) is 6. The van der Waals surface area contributed by atoms with E-state index in [9.17, 15) is 0 Å². The van der Waals surface area contributed by atoms with Crippen molar-refractivity contribution >= 4 is 0 Å². The third kappa shape index (κ3) is 6.37. The zero-order valence-corrected chi connectivity index (χ0v) is 10.00. The molecular weight excluding hydrogens is 210 g/mol. The van der Waals surface area contributed by atoms with Gasteiger partial charge in [-0.05, 0) is 6.42 Å². The Morgan fingerprint density at radius 2 is 1.19 bits per heavy atom. The molecule has 16 heavy (non-hydrogen) atoms. The van der Waals surface area contributed by atoms with Gasteiger partial charge in [0.15, 0.2) is 0 Å². The molecule has 0 radical (unpaired) electrons. The molecule has 0 rings (SSSR count). The quantitative estimate of drug-likeness (QED) is 0.236. The first-order valence-electron chi connectivity index (χ1n) is 5.82. The van der Waals surface area contributed by atoms with E-state index in [-0.39, 0.29) is 19.8 Å². The molecule has 0 aliphatic rings. The highest BCUT2D eigenvalue weighted by molar-refractivity contribution is 4.82. The minimum Gasteiger partial charge on any atom is -0.395 e. The van der Waals surface area contributed by atoms with E-state index >= 15 is 0 Å². The molecule has 0 heterocycles. The summed E-state index contributed by atoms with van der Waals surface area (Å²) in [6.45, 7) is 3.56. The molecule has 0 aromatic heterocycles. The normalized spacial score (nSPS) is 12.0. The van der Waals surface area contributed by atoms with Crippen molar-refractivity contribution in [1.82, 2.24) is 16.0 Å². The molecule has 6 nitrogen and oxygen atoms in total. The third-order valence-electron chi connectivity index (χ3n) is 2.24. The highest BCUT2D eigenvalue weighted by Gasteiger charge is 2.26. The molecule has 0 spiro atoms. The van der Waals surface area contributed by atoms with Crippen LogP contribution in [0.5, 0.6) is 0 Å². The molecule has 0 bridgehead atoms. The zero-order chi connectivity index (χ0) is 12.3. The van der Waals surface area contributed by atoms with Crippen LogP contribution in [0, 0.1) is 0 Å². The van der Waals surface area contributed by atoms with Crippen LogP contribution in [0.2, 0.25) is 0 Å². The van der Waals surface area contributed by atoms with Crippen LogP contribution in [0.4, 0.5) is 0 Å². The van der Waals surface area contributed by atoms with Gasteiger partial charge in [0.2, 0.25) is 0 Å². The molecule has 0 saturated heterocycles. The van der Waals surface area contributed by atoms with Crippen molar-refractivity contribution in [3.8, 4) is 0 Å². The average Bonchev–Trinajstić information content (AvgIpc) is 2.31. The lowest BCUT2D eigenvalue weighted by Crippen LogP contribution is -2.67. The second kappa shape index (κ2) is 9.95. The van der Waals surface area contributed by atoms with Crippen LogP contribution in [0.3, 0.4) is 0 Å². The minimum absolute atomic E-state index is 0.0487. The fourth-order valence-electron chi connectivity index (χ4n) is 1.64. The molecule has 0 aromatic carbocycles. The lowest BCUT2D eigenvalue weighted by atomic mass is 10.1. The van der Waals surface area contributed by atoms with Crippen molar-refractivity contribution in [3.05, 3.63) is 0 Å². The van der Waals surface area contributed by atoms with E-state index in [1.54, 1.807) is 0 Å². The van der Waals surface area contributed by atoms with Gasteiger partial charge in [-0.3, -0.25) is 16.0 Å². The fraction of sp³-hybridized carbons (Fsp3) is 1.00. The number of aliphatic hydroxyl groups is 3. The maximum atomic E-state index is 8.83. The summed E-state index contributed by atoms with van der Waals surface area (Å²) in [5.41, 5.74) is 0. The van der Waals surface area contributed by atoms with Crippen molar-refractivity contribution < 1.29 is 15.3 Å². The molecule has 0 aliphatic heterocycles. The Hall–Kier alpha value is -0.240. The lowest BCUT2D eigenvalue weighted by molar-refractivity contribution is 0.140. The van der Waals surface area contributed by atoms with E-state index in [2.05, 4.69) is 22.9 Å². The van der Waals surface area contributed by atoms with E-state index in [1.807, 2.05) is 0 Å². The van der Waals surface area contributed by atoms with Crippen molar-refractivity contribution in [3.63, 3.8) is 0 Å². The van der Waals surface area contributed by atoms with Crippen LogP contribution >= 0.6 is 0 Å². The monoisotopic (exact) mass is 235 g/mol. The van der Waals surface area contributed by atoms with Crippen LogP contribution in [0.25, 0.3) is 0 Å². The van der Waals surface area contributed by atoms with E-state index in [4.69, 9.17) is 15.3 Å². The predicted octanol–water partition coefficient (Wildman–Crippen LogP) is -1.81. The second-order valence-corrected chi connectivity index (χ2v) is 3.61. The van der Waals surface area contributed by atoms with Crippen LogP contribution in [0.15, 0.2) is 0 Å². The Kier molecular flexibility index (Phi) is 9.80.